The predicted octanol–water partition coefficient (Wildman–Crippen LogP) is -3.45. The first-order valence-electron chi connectivity index (χ1n) is 7.84. The number of amides is 5. The van der Waals surface area contributed by atoms with Gasteiger partial charge in [-0.3, -0.25) is 24.0 Å². The fourth-order valence-corrected chi connectivity index (χ4v) is 1.82. The highest BCUT2D eigenvalue weighted by atomic mass is 16.7. The first kappa shape index (κ1) is 21.0. The third-order valence-corrected chi connectivity index (χ3v) is 3.08. The van der Waals surface area contributed by atoms with Gasteiger partial charge in [-0.1, -0.05) is 0 Å². The van der Waals surface area contributed by atoms with Crippen LogP contribution in [0, 0.1) is 0 Å². The van der Waals surface area contributed by atoms with Gasteiger partial charge in [-0.2, -0.15) is 0 Å². The number of rotatable bonds is 10. The molecule has 0 aromatic carbocycles. The maximum atomic E-state index is 11.5. The van der Waals surface area contributed by atoms with Gasteiger partial charge in [-0.25, -0.2) is 4.79 Å². The lowest BCUT2D eigenvalue weighted by Crippen LogP contribution is -2.43. The molecule has 0 spiro atoms. The molecule has 12 heteroatoms. The first-order chi connectivity index (χ1) is 12.3. The molecule has 1 rings (SSSR count). The molecule has 12 nitrogen and oxygen atoms in total. The summed E-state index contributed by atoms with van der Waals surface area (Å²) < 4.78 is 0. The molecule has 1 aliphatic heterocycles. The topological polar surface area (TPSA) is 163 Å². The van der Waals surface area contributed by atoms with Crippen molar-refractivity contribution < 1.29 is 33.6 Å². The molecule has 1 fully saturated rings. The van der Waals surface area contributed by atoms with Crippen LogP contribution >= 0.6 is 0 Å². The Bertz CT molecular complexity index is 576. The second kappa shape index (κ2) is 10.8. The second-order valence-corrected chi connectivity index (χ2v) is 5.23. The van der Waals surface area contributed by atoms with Crippen LogP contribution in [0.1, 0.15) is 19.3 Å². The Kier molecular flexibility index (Phi) is 8.70. The number of hydrogen-bond acceptors (Lipinski definition) is 8. The van der Waals surface area contributed by atoms with Crippen molar-refractivity contribution in [2.45, 2.75) is 19.3 Å². The van der Waals surface area contributed by atoms with Crippen molar-refractivity contribution in [2.75, 3.05) is 33.2 Å². The summed E-state index contributed by atoms with van der Waals surface area (Å²) in [4.78, 5) is 72.7. The van der Waals surface area contributed by atoms with Crippen LogP contribution in [0.5, 0.6) is 0 Å². The molecule has 0 atom stereocenters. The highest BCUT2D eigenvalue weighted by Gasteiger charge is 2.32. The molecule has 26 heavy (non-hydrogen) atoms. The SMILES string of the molecule is CNCC(=O)NCC(=O)NCC(=O)NCCC(=O)ON1C(=O)CCC1=O. The number of hydroxylamine groups is 2. The van der Waals surface area contributed by atoms with Gasteiger partial charge in [0.2, 0.25) is 17.7 Å². The number of carbonyl (C=O) groups is 6. The number of nitrogens with zero attached hydrogens (tertiary/aromatic N) is 1. The van der Waals surface area contributed by atoms with Crippen LogP contribution < -0.4 is 21.3 Å². The summed E-state index contributed by atoms with van der Waals surface area (Å²) in [5.74, 6) is -3.48. The van der Waals surface area contributed by atoms with Gasteiger partial charge in [-0.15, -0.1) is 5.06 Å². The summed E-state index contributed by atoms with van der Waals surface area (Å²) in [5, 5.41) is 10.0. The monoisotopic (exact) mass is 371 g/mol. The van der Waals surface area contributed by atoms with Crippen molar-refractivity contribution in [1.82, 2.24) is 26.3 Å². The van der Waals surface area contributed by atoms with E-state index in [1.54, 1.807) is 7.05 Å². The second-order valence-electron chi connectivity index (χ2n) is 5.23. The van der Waals surface area contributed by atoms with E-state index in [1.807, 2.05) is 0 Å². The van der Waals surface area contributed by atoms with Crippen molar-refractivity contribution >= 4 is 35.5 Å². The summed E-state index contributed by atoms with van der Waals surface area (Å²) in [7, 11) is 1.58. The van der Waals surface area contributed by atoms with Gasteiger partial charge in [0.1, 0.15) is 0 Å². The van der Waals surface area contributed by atoms with Crippen molar-refractivity contribution in [3.63, 3.8) is 0 Å². The Morgan fingerprint density at radius 1 is 0.885 bits per heavy atom. The van der Waals surface area contributed by atoms with Crippen LogP contribution in [0.15, 0.2) is 0 Å². The molecule has 0 bridgehead atoms. The van der Waals surface area contributed by atoms with Gasteiger partial charge in [0.15, 0.2) is 0 Å². The van der Waals surface area contributed by atoms with Crippen LogP contribution in [0.25, 0.3) is 0 Å². The Labute approximate surface area is 148 Å². The van der Waals surface area contributed by atoms with Crippen molar-refractivity contribution in [2.24, 2.45) is 0 Å². The Balaban J connectivity index is 2.13. The maximum Gasteiger partial charge on any atom is 0.334 e. The third kappa shape index (κ3) is 7.70. The summed E-state index contributed by atoms with van der Waals surface area (Å²) in [6.07, 6.45) is -0.257. The summed E-state index contributed by atoms with van der Waals surface area (Å²) in [5.41, 5.74) is 0. The molecule has 0 aromatic heterocycles. The summed E-state index contributed by atoms with van der Waals surface area (Å²) in [6.45, 7) is -0.627. The zero-order valence-corrected chi connectivity index (χ0v) is 14.3. The molecule has 0 radical (unpaired) electrons. The normalized spacial score (nSPS) is 13.3. The quantitative estimate of drug-likeness (QED) is 0.288. The fourth-order valence-electron chi connectivity index (χ4n) is 1.82. The Morgan fingerprint density at radius 2 is 1.38 bits per heavy atom. The van der Waals surface area contributed by atoms with Gasteiger partial charge in [0.05, 0.1) is 26.1 Å². The van der Waals surface area contributed by atoms with E-state index in [1.165, 1.54) is 0 Å². The standard InChI is InChI=1S/C14H21N5O7/c1-15-6-9(20)17-8-11(22)18-7-10(21)16-5-4-14(25)26-19-12(23)2-3-13(19)24/h15H,2-8H2,1H3,(H,16,21)(H,17,20)(H,18,22). The van der Waals surface area contributed by atoms with E-state index in [0.717, 1.165) is 0 Å². The molecule has 1 saturated heterocycles. The molecule has 5 amide bonds. The maximum absolute atomic E-state index is 11.5. The number of likely N-dealkylation sites (N-methyl/N-ethyl adjacent to an activating group) is 1. The zero-order chi connectivity index (χ0) is 19.5. The molecular formula is C14H21N5O7. The molecule has 4 N–H and O–H groups in total. The van der Waals surface area contributed by atoms with Gasteiger partial charge < -0.3 is 26.1 Å². The lowest BCUT2D eigenvalue weighted by atomic mass is 10.4. The van der Waals surface area contributed by atoms with E-state index in [9.17, 15) is 28.8 Å². The van der Waals surface area contributed by atoms with Crippen LogP contribution in [0.3, 0.4) is 0 Å². The van der Waals surface area contributed by atoms with Crippen LogP contribution in [0.4, 0.5) is 0 Å². The molecule has 1 heterocycles. The summed E-state index contributed by atoms with van der Waals surface area (Å²) in [6, 6.07) is 0. The molecular weight excluding hydrogens is 350 g/mol. The Morgan fingerprint density at radius 3 is 1.92 bits per heavy atom. The van der Waals surface area contributed by atoms with Gasteiger partial charge in [0.25, 0.3) is 11.8 Å². The Hall–Kier alpha value is -3.02. The molecule has 0 aliphatic carbocycles. The molecule has 0 unspecified atom stereocenters. The third-order valence-electron chi connectivity index (χ3n) is 3.08. The minimum absolute atomic E-state index is 0.00203. The van der Waals surface area contributed by atoms with Crippen LogP contribution in [-0.2, 0) is 33.6 Å². The van der Waals surface area contributed by atoms with E-state index in [0.29, 0.717) is 5.06 Å². The molecule has 144 valence electrons. The van der Waals surface area contributed by atoms with Crippen LogP contribution in [0.2, 0.25) is 0 Å². The van der Waals surface area contributed by atoms with E-state index in [-0.39, 0.29) is 51.3 Å². The zero-order valence-electron chi connectivity index (χ0n) is 14.3. The van der Waals surface area contributed by atoms with Crippen molar-refractivity contribution in [1.29, 1.82) is 0 Å². The number of carbonyl (C=O) groups excluding carboxylic acids is 6. The largest absolute Gasteiger partial charge is 0.354 e. The molecule has 0 aromatic rings. The number of hydrogen-bond donors (Lipinski definition) is 4. The average molecular weight is 371 g/mol. The predicted molar refractivity (Wildman–Crippen MR) is 84.8 cm³/mol. The number of imide groups is 1. The van der Waals surface area contributed by atoms with Gasteiger partial charge in [0, 0.05) is 19.4 Å². The smallest absolute Gasteiger partial charge is 0.334 e. The minimum Gasteiger partial charge on any atom is -0.354 e. The summed E-state index contributed by atoms with van der Waals surface area (Å²) >= 11 is 0. The lowest BCUT2D eigenvalue weighted by molar-refractivity contribution is -0.197. The average Bonchev–Trinajstić information content (AvgIpc) is 2.90. The lowest BCUT2D eigenvalue weighted by Gasteiger charge is -2.12. The van der Waals surface area contributed by atoms with Crippen molar-refractivity contribution in [3.8, 4) is 0 Å². The first-order valence-corrected chi connectivity index (χ1v) is 7.84. The van der Waals surface area contributed by atoms with Crippen molar-refractivity contribution in [3.05, 3.63) is 0 Å². The highest BCUT2D eigenvalue weighted by Crippen LogP contribution is 2.12. The minimum atomic E-state index is -0.842. The fraction of sp³-hybridized carbons (Fsp3) is 0.571. The molecule has 1 aliphatic rings. The van der Waals surface area contributed by atoms with Gasteiger partial charge >= 0.3 is 5.97 Å². The highest BCUT2D eigenvalue weighted by molar-refractivity contribution is 6.01. The van der Waals surface area contributed by atoms with E-state index in [2.05, 4.69) is 26.1 Å². The number of nitrogens with one attached hydrogen (secondary N) is 4. The van der Waals surface area contributed by atoms with Gasteiger partial charge in [-0.05, 0) is 7.05 Å². The van der Waals surface area contributed by atoms with E-state index < -0.39 is 29.6 Å². The van der Waals surface area contributed by atoms with E-state index >= 15 is 0 Å². The van der Waals surface area contributed by atoms with Crippen LogP contribution in [-0.4, -0.2) is 73.8 Å². The van der Waals surface area contributed by atoms with E-state index in [4.69, 9.17) is 0 Å². The molecule has 0 saturated carbocycles.